The van der Waals surface area contributed by atoms with Crippen molar-refractivity contribution in [1.82, 2.24) is 4.98 Å². The molecular formula is C22H22N2O2S. The lowest BCUT2D eigenvalue weighted by molar-refractivity contribution is -0.138. The first-order chi connectivity index (χ1) is 13.0. The quantitative estimate of drug-likeness (QED) is 0.617. The van der Waals surface area contributed by atoms with E-state index < -0.39 is 5.97 Å². The third kappa shape index (κ3) is 3.88. The van der Waals surface area contributed by atoms with Gasteiger partial charge >= 0.3 is 5.97 Å². The zero-order chi connectivity index (χ0) is 19.0. The molecule has 0 bridgehead atoms. The summed E-state index contributed by atoms with van der Waals surface area (Å²) in [5.74, 6) is -0.714. The maximum atomic E-state index is 11.0. The number of aromatic nitrogens is 1. The molecule has 2 N–H and O–H groups in total. The highest BCUT2D eigenvalue weighted by Crippen LogP contribution is 2.47. The van der Waals surface area contributed by atoms with Crippen molar-refractivity contribution < 1.29 is 9.90 Å². The Hall–Kier alpha value is -2.66. The lowest BCUT2D eigenvalue weighted by Gasteiger charge is -2.06. The second-order valence-corrected chi connectivity index (χ2v) is 8.24. The molecular weight excluding hydrogens is 356 g/mol. The van der Waals surface area contributed by atoms with E-state index in [9.17, 15) is 4.79 Å². The lowest BCUT2D eigenvalue weighted by atomic mass is 10.1. The van der Waals surface area contributed by atoms with E-state index in [1.807, 2.05) is 31.2 Å². The average molecular weight is 378 g/mol. The van der Waals surface area contributed by atoms with Crippen LogP contribution in [0, 0.1) is 19.8 Å². The highest BCUT2D eigenvalue weighted by atomic mass is 32.1. The molecule has 1 saturated carbocycles. The highest BCUT2D eigenvalue weighted by Gasteiger charge is 2.43. The van der Waals surface area contributed by atoms with Crippen LogP contribution < -0.4 is 5.32 Å². The number of anilines is 1. The summed E-state index contributed by atoms with van der Waals surface area (Å²) in [6.45, 7) is 4.87. The van der Waals surface area contributed by atoms with Gasteiger partial charge in [0.1, 0.15) is 5.01 Å². The van der Waals surface area contributed by atoms with Crippen molar-refractivity contribution in [3.05, 3.63) is 70.2 Å². The van der Waals surface area contributed by atoms with E-state index in [4.69, 9.17) is 10.1 Å². The van der Waals surface area contributed by atoms with Crippen LogP contribution in [0.2, 0.25) is 0 Å². The topological polar surface area (TPSA) is 62.2 Å². The molecule has 1 aromatic heterocycles. The Balaban J connectivity index is 1.40. The van der Waals surface area contributed by atoms with Gasteiger partial charge in [-0.05, 0) is 43.9 Å². The molecule has 1 heterocycles. The van der Waals surface area contributed by atoms with E-state index in [2.05, 4.69) is 36.5 Å². The fourth-order valence-electron chi connectivity index (χ4n) is 3.28. The Morgan fingerprint density at radius 2 is 1.85 bits per heavy atom. The molecule has 4 nitrogen and oxygen atoms in total. The van der Waals surface area contributed by atoms with Crippen LogP contribution in [0.4, 0.5) is 5.69 Å². The summed E-state index contributed by atoms with van der Waals surface area (Å²) in [4.78, 5) is 16.9. The number of nitrogens with zero attached hydrogens (tertiary/aromatic N) is 1. The molecule has 138 valence electrons. The van der Waals surface area contributed by atoms with Gasteiger partial charge in [0.05, 0.1) is 18.2 Å². The maximum Gasteiger partial charge on any atom is 0.307 e. The molecule has 1 fully saturated rings. The number of thiazole rings is 1. The van der Waals surface area contributed by atoms with Crippen molar-refractivity contribution in [2.24, 2.45) is 5.92 Å². The predicted octanol–water partition coefficient (Wildman–Crippen LogP) is 5.23. The Morgan fingerprint density at radius 3 is 2.48 bits per heavy atom. The molecule has 0 unspecified atom stereocenters. The van der Waals surface area contributed by atoms with E-state index in [-0.39, 0.29) is 11.8 Å². The van der Waals surface area contributed by atoms with Gasteiger partial charge in [-0.25, -0.2) is 4.98 Å². The fraction of sp³-hybridized carbons (Fsp3) is 0.273. The van der Waals surface area contributed by atoms with Gasteiger partial charge in [-0.3, -0.25) is 4.79 Å². The Bertz CT molecular complexity index is 961. The molecule has 0 amide bonds. The lowest BCUT2D eigenvalue weighted by Crippen LogP contribution is -2.00. The number of benzene rings is 2. The SMILES string of the molecule is Cc1ccc(-c2nc(C)c(CNc3ccc([C@@H]4C[C@H]4C(=O)O)cc3)s2)cc1. The minimum absolute atomic E-state index is 0.178. The first-order valence-electron chi connectivity index (χ1n) is 9.11. The van der Waals surface area contributed by atoms with Gasteiger partial charge in [0.2, 0.25) is 0 Å². The molecule has 0 spiro atoms. The van der Waals surface area contributed by atoms with Crippen LogP contribution >= 0.6 is 11.3 Å². The van der Waals surface area contributed by atoms with Gasteiger partial charge in [0.15, 0.2) is 0 Å². The zero-order valence-electron chi connectivity index (χ0n) is 15.4. The minimum atomic E-state index is -0.688. The maximum absolute atomic E-state index is 11.0. The van der Waals surface area contributed by atoms with Gasteiger partial charge in [-0.2, -0.15) is 0 Å². The molecule has 0 radical (unpaired) electrons. The normalized spacial score (nSPS) is 18.3. The van der Waals surface area contributed by atoms with Gasteiger partial charge in [0.25, 0.3) is 0 Å². The van der Waals surface area contributed by atoms with Crippen molar-refractivity contribution in [2.75, 3.05) is 5.32 Å². The van der Waals surface area contributed by atoms with Crippen molar-refractivity contribution in [3.63, 3.8) is 0 Å². The number of carboxylic acids is 1. The van der Waals surface area contributed by atoms with Crippen molar-refractivity contribution in [1.29, 1.82) is 0 Å². The standard InChI is InChI=1S/C22H22N2O2S/c1-13-3-5-16(6-4-13)21-24-14(2)20(27-21)12-23-17-9-7-15(8-10-17)18-11-19(18)22(25)26/h3-10,18-19,23H,11-12H2,1-2H3,(H,25,26)/t18-,19+/m0/s1. The monoisotopic (exact) mass is 378 g/mol. The molecule has 3 aromatic rings. The predicted molar refractivity (Wildman–Crippen MR) is 109 cm³/mol. The van der Waals surface area contributed by atoms with Crippen LogP contribution in [-0.4, -0.2) is 16.1 Å². The van der Waals surface area contributed by atoms with Gasteiger partial charge < -0.3 is 10.4 Å². The van der Waals surface area contributed by atoms with E-state index in [1.165, 1.54) is 10.4 Å². The third-order valence-corrected chi connectivity index (χ3v) is 6.30. The number of aliphatic carboxylic acids is 1. The Labute approximate surface area is 162 Å². The molecule has 4 rings (SSSR count). The second-order valence-electron chi connectivity index (χ2n) is 7.16. The molecule has 0 aliphatic heterocycles. The van der Waals surface area contributed by atoms with Crippen LogP contribution in [0.1, 0.15) is 34.0 Å². The van der Waals surface area contributed by atoms with E-state index >= 15 is 0 Å². The molecule has 2 aromatic carbocycles. The first kappa shape index (κ1) is 17.7. The van der Waals surface area contributed by atoms with E-state index in [0.29, 0.717) is 0 Å². The molecule has 5 heteroatoms. The number of nitrogens with one attached hydrogen (secondary N) is 1. The Kier molecular flexibility index (Phi) is 4.70. The number of carboxylic acid groups (broad SMARTS) is 1. The van der Waals surface area contributed by atoms with Crippen LogP contribution in [0.5, 0.6) is 0 Å². The summed E-state index contributed by atoms with van der Waals surface area (Å²) in [7, 11) is 0. The van der Waals surface area contributed by atoms with Crippen LogP contribution in [0.3, 0.4) is 0 Å². The largest absolute Gasteiger partial charge is 0.481 e. The van der Waals surface area contributed by atoms with Crippen LogP contribution in [-0.2, 0) is 11.3 Å². The summed E-state index contributed by atoms with van der Waals surface area (Å²) in [6.07, 6.45) is 0.754. The summed E-state index contributed by atoms with van der Waals surface area (Å²) in [6, 6.07) is 16.6. The number of aryl methyl sites for hydroxylation is 2. The van der Waals surface area contributed by atoms with Crippen molar-refractivity contribution >= 4 is 23.0 Å². The smallest absolute Gasteiger partial charge is 0.307 e. The van der Waals surface area contributed by atoms with E-state index in [0.717, 1.165) is 40.5 Å². The summed E-state index contributed by atoms with van der Waals surface area (Å²) in [5.41, 5.74) is 5.61. The molecule has 27 heavy (non-hydrogen) atoms. The van der Waals surface area contributed by atoms with Gasteiger partial charge in [-0.15, -0.1) is 11.3 Å². The Morgan fingerprint density at radius 1 is 1.15 bits per heavy atom. The first-order valence-corrected chi connectivity index (χ1v) is 9.93. The molecule has 1 aliphatic rings. The minimum Gasteiger partial charge on any atom is -0.481 e. The highest BCUT2D eigenvalue weighted by molar-refractivity contribution is 7.15. The average Bonchev–Trinajstić information content (AvgIpc) is 3.39. The number of rotatable bonds is 6. The van der Waals surface area contributed by atoms with Crippen molar-refractivity contribution in [3.8, 4) is 10.6 Å². The van der Waals surface area contributed by atoms with Crippen molar-refractivity contribution in [2.45, 2.75) is 32.7 Å². The zero-order valence-corrected chi connectivity index (χ0v) is 16.2. The number of hydrogen-bond donors (Lipinski definition) is 2. The molecule has 1 aliphatic carbocycles. The van der Waals surface area contributed by atoms with Gasteiger partial charge in [0, 0.05) is 16.1 Å². The fourth-order valence-corrected chi connectivity index (χ4v) is 4.29. The van der Waals surface area contributed by atoms with E-state index in [1.54, 1.807) is 11.3 Å². The molecule has 0 saturated heterocycles. The number of hydrogen-bond acceptors (Lipinski definition) is 4. The number of carbonyl (C=O) groups is 1. The summed E-state index contributed by atoms with van der Waals surface area (Å²) >= 11 is 1.72. The summed E-state index contributed by atoms with van der Waals surface area (Å²) in [5, 5.41) is 13.6. The van der Waals surface area contributed by atoms with Crippen LogP contribution in [0.25, 0.3) is 10.6 Å². The summed E-state index contributed by atoms with van der Waals surface area (Å²) < 4.78 is 0. The third-order valence-electron chi connectivity index (χ3n) is 5.09. The second kappa shape index (κ2) is 7.16. The molecule has 2 atom stereocenters. The van der Waals surface area contributed by atoms with Gasteiger partial charge in [-0.1, -0.05) is 42.0 Å². The van der Waals surface area contributed by atoms with Crippen LogP contribution in [0.15, 0.2) is 48.5 Å².